The van der Waals surface area contributed by atoms with E-state index >= 15 is 0 Å². The smallest absolute Gasteiger partial charge is 0.282 e. The summed E-state index contributed by atoms with van der Waals surface area (Å²) in [5, 5.41) is 5.83. The summed E-state index contributed by atoms with van der Waals surface area (Å²) in [5.41, 5.74) is 3.59. The van der Waals surface area contributed by atoms with Crippen LogP contribution >= 0.6 is 0 Å². The number of carbonyl (C=O) groups is 3. The number of ether oxygens (including phenoxy) is 1. The zero-order chi connectivity index (χ0) is 23.5. The van der Waals surface area contributed by atoms with E-state index in [4.69, 9.17) is 4.74 Å². The molecular weight excluding hydrogens is 418 g/mol. The number of nitrogens with zero attached hydrogens (tertiary/aromatic N) is 1. The van der Waals surface area contributed by atoms with Gasteiger partial charge in [-0.3, -0.25) is 14.4 Å². The molecule has 0 aliphatic carbocycles. The number of methoxy groups -OCH3 is 1. The Bertz CT molecular complexity index is 1260. The molecule has 0 radical (unpaired) electrons. The lowest BCUT2D eigenvalue weighted by Crippen LogP contribution is -2.33. The van der Waals surface area contributed by atoms with E-state index in [-0.39, 0.29) is 17.2 Å². The van der Waals surface area contributed by atoms with Gasteiger partial charge in [0.25, 0.3) is 11.8 Å². The van der Waals surface area contributed by atoms with Crippen LogP contribution in [0.1, 0.15) is 18.1 Å². The first-order chi connectivity index (χ1) is 15.9. The van der Waals surface area contributed by atoms with E-state index in [0.717, 1.165) is 5.56 Å². The first-order valence-electron chi connectivity index (χ1n) is 10.4. The molecule has 0 atom stereocenters. The topological polar surface area (TPSA) is 87.7 Å². The van der Waals surface area contributed by atoms with E-state index < -0.39 is 11.8 Å². The molecule has 7 nitrogen and oxygen atoms in total. The molecule has 3 aromatic rings. The van der Waals surface area contributed by atoms with Crippen LogP contribution in [0.4, 0.5) is 17.1 Å². The van der Waals surface area contributed by atoms with E-state index in [1.807, 2.05) is 19.1 Å². The minimum atomic E-state index is -0.439. The highest BCUT2D eigenvalue weighted by Crippen LogP contribution is 2.35. The predicted octanol–water partition coefficient (Wildman–Crippen LogP) is 4.36. The molecule has 0 bridgehead atoms. The van der Waals surface area contributed by atoms with E-state index in [2.05, 4.69) is 10.6 Å². The Balaban J connectivity index is 1.78. The van der Waals surface area contributed by atoms with Crippen molar-refractivity contribution in [1.82, 2.24) is 0 Å². The average Bonchev–Trinajstić information content (AvgIpc) is 3.04. The van der Waals surface area contributed by atoms with Gasteiger partial charge < -0.3 is 15.4 Å². The first-order valence-corrected chi connectivity index (χ1v) is 10.4. The summed E-state index contributed by atoms with van der Waals surface area (Å²) < 4.78 is 5.20. The minimum Gasteiger partial charge on any atom is -0.497 e. The summed E-state index contributed by atoms with van der Waals surface area (Å²) in [6, 6.07) is 21.2. The molecule has 0 fully saturated rings. The third kappa shape index (κ3) is 4.34. The van der Waals surface area contributed by atoms with Crippen LogP contribution in [0.15, 0.2) is 78.5 Å². The van der Waals surface area contributed by atoms with Gasteiger partial charge in [-0.05, 0) is 60.5 Å². The van der Waals surface area contributed by atoms with Crippen LogP contribution in [0.2, 0.25) is 0 Å². The SMILES string of the molecule is COc1ccc(NC2=C(c3ccc(NC(C)=O)cc3)C(=O)N(c3ccccc3C)C2=O)cc1. The van der Waals surface area contributed by atoms with Gasteiger partial charge in [-0.1, -0.05) is 30.3 Å². The summed E-state index contributed by atoms with van der Waals surface area (Å²) in [6.07, 6.45) is 0. The Hall–Kier alpha value is -4.39. The summed E-state index contributed by atoms with van der Waals surface area (Å²) in [4.78, 5) is 39.6. The Kier molecular flexibility index (Phi) is 5.95. The number of para-hydroxylation sites is 1. The lowest BCUT2D eigenvalue weighted by molar-refractivity contribution is -0.120. The van der Waals surface area contributed by atoms with Gasteiger partial charge in [0.1, 0.15) is 11.4 Å². The highest BCUT2D eigenvalue weighted by Gasteiger charge is 2.40. The molecule has 4 rings (SSSR count). The van der Waals surface area contributed by atoms with E-state index in [1.54, 1.807) is 67.8 Å². The zero-order valence-electron chi connectivity index (χ0n) is 18.5. The fourth-order valence-corrected chi connectivity index (χ4v) is 3.69. The Labute approximate surface area is 191 Å². The van der Waals surface area contributed by atoms with Gasteiger partial charge in [0, 0.05) is 18.3 Å². The summed E-state index contributed by atoms with van der Waals surface area (Å²) >= 11 is 0. The van der Waals surface area contributed by atoms with Crippen molar-refractivity contribution in [3.8, 4) is 5.75 Å². The van der Waals surface area contributed by atoms with E-state index in [0.29, 0.717) is 28.4 Å². The van der Waals surface area contributed by atoms with Crippen molar-refractivity contribution in [2.75, 3.05) is 22.6 Å². The van der Waals surface area contributed by atoms with E-state index in [1.165, 1.54) is 11.8 Å². The van der Waals surface area contributed by atoms with Crippen LogP contribution < -0.4 is 20.3 Å². The lowest BCUT2D eigenvalue weighted by atomic mass is 10.0. The van der Waals surface area contributed by atoms with Crippen LogP contribution in [0, 0.1) is 6.92 Å². The number of nitrogens with one attached hydrogen (secondary N) is 2. The number of anilines is 3. The Morgan fingerprint density at radius 2 is 1.48 bits per heavy atom. The predicted molar refractivity (Wildman–Crippen MR) is 128 cm³/mol. The number of hydrogen-bond acceptors (Lipinski definition) is 5. The molecule has 0 spiro atoms. The lowest BCUT2D eigenvalue weighted by Gasteiger charge is -2.17. The fourth-order valence-electron chi connectivity index (χ4n) is 3.69. The van der Waals surface area contributed by atoms with Crippen molar-refractivity contribution >= 4 is 40.4 Å². The highest BCUT2D eigenvalue weighted by atomic mass is 16.5. The third-order valence-electron chi connectivity index (χ3n) is 5.29. The molecule has 166 valence electrons. The summed E-state index contributed by atoms with van der Waals surface area (Å²) in [5.74, 6) is -0.371. The minimum absolute atomic E-state index is 0.181. The number of amides is 3. The van der Waals surface area contributed by atoms with Crippen molar-refractivity contribution in [3.05, 3.63) is 89.6 Å². The van der Waals surface area contributed by atoms with Gasteiger partial charge >= 0.3 is 0 Å². The normalized spacial score (nSPS) is 13.4. The fraction of sp³-hybridized carbons (Fsp3) is 0.115. The Morgan fingerprint density at radius 3 is 2.09 bits per heavy atom. The maximum atomic E-state index is 13.6. The third-order valence-corrected chi connectivity index (χ3v) is 5.29. The monoisotopic (exact) mass is 441 g/mol. The maximum absolute atomic E-state index is 13.6. The van der Waals surface area contributed by atoms with Crippen LogP contribution in [-0.2, 0) is 14.4 Å². The number of aryl methyl sites for hydroxylation is 1. The summed E-state index contributed by atoms with van der Waals surface area (Å²) in [7, 11) is 1.58. The van der Waals surface area contributed by atoms with Crippen molar-refractivity contribution in [3.63, 3.8) is 0 Å². The van der Waals surface area contributed by atoms with Crippen molar-refractivity contribution in [2.45, 2.75) is 13.8 Å². The molecule has 1 heterocycles. The number of benzene rings is 3. The molecule has 0 saturated heterocycles. The molecule has 7 heteroatoms. The van der Waals surface area contributed by atoms with Crippen molar-refractivity contribution < 1.29 is 19.1 Å². The van der Waals surface area contributed by atoms with Crippen molar-refractivity contribution in [1.29, 1.82) is 0 Å². The molecule has 2 N–H and O–H groups in total. The van der Waals surface area contributed by atoms with Gasteiger partial charge in [-0.15, -0.1) is 0 Å². The second kappa shape index (κ2) is 9.00. The van der Waals surface area contributed by atoms with Crippen LogP contribution in [0.25, 0.3) is 5.57 Å². The molecule has 3 amide bonds. The summed E-state index contributed by atoms with van der Waals surface area (Å²) in [6.45, 7) is 3.28. The Morgan fingerprint density at radius 1 is 0.848 bits per heavy atom. The second-order valence-electron chi connectivity index (χ2n) is 7.59. The number of carbonyl (C=O) groups excluding carboxylic acids is 3. The molecule has 33 heavy (non-hydrogen) atoms. The van der Waals surface area contributed by atoms with Crippen LogP contribution in [-0.4, -0.2) is 24.8 Å². The van der Waals surface area contributed by atoms with Gasteiger partial charge in [0.2, 0.25) is 5.91 Å². The highest BCUT2D eigenvalue weighted by molar-refractivity contribution is 6.46. The standard InChI is InChI=1S/C26H23N3O4/c1-16-6-4-5-7-22(16)29-25(31)23(18-8-10-19(11-9-18)27-17(2)30)24(26(29)32)28-20-12-14-21(33-3)15-13-20/h4-15,28H,1-3H3,(H,27,30). The first kappa shape index (κ1) is 21.8. The number of rotatable bonds is 6. The molecule has 1 aliphatic rings. The molecular formula is C26H23N3O4. The van der Waals surface area contributed by atoms with Gasteiger partial charge in [0.05, 0.1) is 18.4 Å². The maximum Gasteiger partial charge on any atom is 0.282 e. The number of imide groups is 1. The zero-order valence-corrected chi connectivity index (χ0v) is 18.5. The molecule has 0 aromatic heterocycles. The van der Waals surface area contributed by atoms with Gasteiger partial charge in [0.15, 0.2) is 0 Å². The second-order valence-corrected chi connectivity index (χ2v) is 7.59. The quantitative estimate of drug-likeness (QED) is 0.555. The molecule has 1 aliphatic heterocycles. The van der Waals surface area contributed by atoms with E-state index in [9.17, 15) is 14.4 Å². The molecule has 0 unspecified atom stereocenters. The molecule has 0 saturated carbocycles. The largest absolute Gasteiger partial charge is 0.497 e. The van der Waals surface area contributed by atoms with Gasteiger partial charge in [-0.2, -0.15) is 0 Å². The van der Waals surface area contributed by atoms with Crippen molar-refractivity contribution in [2.24, 2.45) is 0 Å². The van der Waals surface area contributed by atoms with Crippen LogP contribution in [0.3, 0.4) is 0 Å². The van der Waals surface area contributed by atoms with Gasteiger partial charge in [-0.25, -0.2) is 4.90 Å². The number of hydrogen-bond donors (Lipinski definition) is 2. The molecule has 3 aromatic carbocycles. The average molecular weight is 441 g/mol. The van der Waals surface area contributed by atoms with Crippen LogP contribution in [0.5, 0.6) is 5.75 Å².